The van der Waals surface area contributed by atoms with E-state index >= 15 is 0 Å². The van der Waals surface area contributed by atoms with E-state index in [2.05, 4.69) is 6.07 Å². The second-order valence-corrected chi connectivity index (χ2v) is 7.43. The van der Waals surface area contributed by atoms with Gasteiger partial charge in [0.2, 0.25) is 0 Å². The number of rotatable bonds is 9. The summed E-state index contributed by atoms with van der Waals surface area (Å²) in [7, 11) is 0. The lowest BCUT2D eigenvalue weighted by Gasteiger charge is -2.15. The molecule has 25 heavy (non-hydrogen) atoms. The third-order valence-electron chi connectivity index (χ3n) is 5.53. The van der Waals surface area contributed by atoms with Gasteiger partial charge in [-0.1, -0.05) is 38.2 Å². The summed E-state index contributed by atoms with van der Waals surface area (Å²) in [6, 6.07) is 4.05. The van der Waals surface area contributed by atoms with Crippen LogP contribution in [0.25, 0.3) is 0 Å². The van der Waals surface area contributed by atoms with Crippen molar-refractivity contribution in [3.63, 3.8) is 0 Å². The van der Waals surface area contributed by atoms with Gasteiger partial charge in [0.25, 0.3) is 0 Å². The standard InChI is InChI=1S/C21H28O4/c22-19-11-10-16-13-17(8-3-7-15-5-1-2-6-15)20(14-18(16)19)25-12-4-9-21(23)24/h13-15H,1-12H2,(H,23,24). The van der Waals surface area contributed by atoms with Gasteiger partial charge < -0.3 is 9.84 Å². The Morgan fingerprint density at radius 2 is 1.96 bits per heavy atom. The van der Waals surface area contributed by atoms with Crippen molar-refractivity contribution in [2.75, 3.05) is 6.61 Å². The zero-order valence-corrected chi connectivity index (χ0v) is 14.9. The van der Waals surface area contributed by atoms with Crippen LogP contribution in [-0.2, 0) is 17.6 Å². The summed E-state index contributed by atoms with van der Waals surface area (Å²) >= 11 is 0. The van der Waals surface area contributed by atoms with Crippen LogP contribution in [0.4, 0.5) is 0 Å². The molecular weight excluding hydrogens is 316 g/mol. The molecule has 0 bridgehead atoms. The summed E-state index contributed by atoms with van der Waals surface area (Å²) < 4.78 is 5.87. The summed E-state index contributed by atoms with van der Waals surface area (Å²) in [6.45, 7) is 0.384. The Hall–Kier alpha value is -1.84. The first-order valence-corrected chi connectivity index (χ1v) is 9.67. The van der Waals surface area contributed by atoms with E-state index in [0.29, 0.717) is 19.4 Å². The first kappa shape index (κ1) is 18.0. The van der Waals surface area contributed by atoms with Crippen LogP contribution in [-0.4, -0.2) is 23.5 Å². The molecule has 1 fully saturated rings. The highest BCUT2D eigenvalue weighted by Gasteiger charge is 2.22. The van der Waals surface area contributed by atoms with Crippen LogP contribution in [0.5, 0.6) is 5.75 Å². The number of fused-ring (bicyclic) bond motifs is 1. The van der Waals surface area contributed by atoms with Crippen LogP contribution in [0.15, 0.2) is 12.1 Å². The number of carbonyl (C=O) groups excluding carboxylic acids is 1. The number of hydrogen-bond donors (Lipinski definition) is 1. The number of ketones is 1. The van der Waals surface area contributed by atoms with Gasteiger partial charge in [-0.15, -0.1) is 0 Å². The number of carboxylic acid groups (broad SMARTS) is 1. The number of carbonyl (C=O) groups is 2. The Balaban J connectivity index is 1.63. The number of benzene rings is 1. The van der Waals surface area contributed by atoms with Gasteiger partial charge in [-0.05, 0) is 48.8 Å². The molecule has 1 N–H and O–H groups in total. The number of hydrogen-bond acceptors (Lipinski definition) is 3. The van der Waals surface area contributed by atoms with Gasteiger partial charge in [0.15, 0.2) is 5.78 Å². The molecule has 0 saturated heterocycles. The van der Waals surface area contributed by atoms with Crippen molar-refractivity contribution in [2.24, 2.45) is 5.92 Å². The van der Waals surface area contributed by atoms with Gasteiger partial charge >= 0.3 is 5.97 Å². The third-order valence-corrected chi connectivity index (χ3v) is 5.53. The Bertz CT molecular complexity index is 629. The summed E-state index contributed by atoms with van der Waals surface area (Å²) in [5, 5.41) is 8.75. The molecule has 1 aromatic carbocycles. The maximum atomic E-state index is 12.0. The van der Waals surface area contributed by atoms with E-state index in [1.165, 1.54) is 37.7 Å². The molecule has 1 saturated carbocycles. The van der Waals surface area contributed by atoms with E-state index in [1.54, 1.807) is 0 Å². The lowest BCUT2D eigenvalue weighted by atomic mass is 9.96. The smallest absolute Gasteiger partial charge is 0.303 e. The molecule has 4 nitrogen and oxygen atoms in total. The van der Waals surface area contributed by atoms with Crippen molar-refractivity contribution >= 4 is 11.8 Å². The van der Waals surface area contributed by atoms with Crippen molar-refractivity contribution in [2.45, 2.75) is 70.6 Å². The number of Topliss-reactive ketones (excluding diaryl/α,β-unsaturated/α-hetero) is 1. The van der Waals surface area contributed by atoms with Crippen LogP contribution in [0.1, 0.15) is 79.3 Å². The number of aryl methyl sites for hydroxylation is 2. The topological polar surface area (TPSA) is 63.6 Å². The van der Waals surface area contributed by atoms with Crippen molar-refractivity contribution in [1.29, 1.82) is 0 Å². The molecule has 0 heterocycles. The SMILES string of the molecule is O=C(O)CCCOc1cc2c(cc1CCCC1CCCC1)CCC2=O. The van der Waals surface area contributed by atoms with Crippen molar-refractivity contribution in [1.82, 2.24) is 0 Å². The minimum absolute atomic E-state index is 0.112. The molecule has 136 valence electrons. The predicted octanol–water partition coefficient (Wildman–Crippen LogP) is 4.57. The summed E-state index contributed by atoms with van der Waals surface area (Å²) in [5.74, 6) is 1.06. The molecule has 3 rings (SSSR count). The van der Waals surface area contributed by atoms with Gasteiger partial charge in [0.1, 0.15) is 5.75 Å². The average Bonchev–Trinajstić information content (AvgIpc) is 3.22. The maximum absolute atomic E-state index is 12.0. The number of ether oxygens (including phenoxy) is 1. The first-order chi connectivity index (χ1) is 12.1. The van der Waals surface area contributed by atoms with E-state index in [1.807, 2.05) is 6.07 Å². The normalized spacial score (nSPS) is 17.0. The molecule has 2 aliphatic rings. The molecule has 0 spiro atoms. The summed E-state index contributed by atoms with van der Waals surface area (Å²) in [6.07, 6.45) is 10.9. The molecular formula is C21H28O4. The molecule has 0 radical (unpaired) electrons. The fourth-order valence-electron chi connectivity index (χ4n) is 4.14. The van der Waals surface area contributed by atoms with E-state index < -0.39 is 5.97 Å². The Kier molecular flexibility index (Phi) is 6.11. The monoisotopic (exact) mass is 344 g/mol. The molecule has 2 aliphatic carbocycles. The fraction of sp³-hybridized carbons (Fsp3) is 0.619. The Morgan fingerprint density at radius 1 is 1.16 bits per heavy atom. The van der Waals surface area contributed by atoms with Crippen LogP contribution >= 0.6 is 0 Å². The highest BCUT2D eigenvalue weighted by molar-refractivity contribution is 6.00. The van der Waals surface area contributed by atoms with Crippen LogP contribution in [0.3, 0.4) is 0 Å². The molecule has 1 aromatic rings. The number of carboxylic acids is 1. The average molecular weight is 344 g/mol. The zero-order chi connectivity index (χ0) is 17.6. The lowest BCUT2D eigenvalue weighted by molar-refractivity contribution is -0.137. The molecule has 0 aliphatic heterocycles. The van der Waals surface area contributed by atoms with Gasteiger partial charge in [0.05, 0.1) is 6.61 Å². The summed E-state index contributed by atoms with van der Waals surface area (Å²) in [5.41, 5.74) is 3.13. The van der Waals surface area contributed by atoms with Crippen LogP contribution < -0.4 is 4.74 Å². The highest BCUT2D eigenvalue weighted by atomic mass is 16.5. The van der Waals surface area contributed by atoms with E-state index in [-0.39, 0.29) is 12.2 Å². The van der Waals surface area contributed by atoms with Crippen molar-refractivity contribution in [3.05, 3.63) is 28.8 Å². The van der Waals surface area contributed by atoms with Gasteiger partial charge in [-0.25, -0.2) is 0 Å². The summed E-state index contributed by atoms with van der Waals surface area (Å²) in [4.78, 5) is 22.6. The minimum atomic E-state index is -0.801. The Labute approximate surface area is 149 Å². The molecule has 0 aromatic heterocycles. The van der Waals surface area contributed by atoms with Gasteiger partial charge in [-0.2, -0.15) is 0 Å². The van der Waals surface area contributed by atoms with E-state index in [9.17, 15) is 9.59 Å². The minimum Gasteiger partial charge on any atom is -0.493 e. The Morgan fingerprint density at radius 3 is 2.72 bits per heavy atom. The molecule has 4 heteroatoms. The van der Waals surface area contributed by atoms with Crippen molar-refractivity contribution < 1.29 is 19.4 Å². The number of aliphatic carboxylic acids is 1. The maximum Gasteiger partial charge on any atom is 0.303 e. The quantitative estimate of drug-likeness (QED) is 0.666. The molecule has 0 atom stereocenters. The first-order valence-electron chi connectivity index (χ1n) is 9.67. The second-order valence-electron chi connectivity index (χ2n) is 7.43. The fourth-order valence-corrected chi connectivity index (χ4v) is 4.14. The molecule has 0 amide bonds. The van der Waals surface area contributed by atoms with Crippen molar-refractivity contribution in [3.8, 4) is 5.75 Å². The second kappa shape index (κ2) is 8.50. The van der Waals surface area contributed by atoms with E-state index in [4.69, 9.17) is 9.84 Å². The largest absolute Gasteiger partial charge is 0.493 e. The van der Waals surface area contributed by atoms with Gasteiger partial charge in [0, 0.05) is 18.4 Å². The van der Waals surface area contributed by atoms with Gasteiger partial charge in [-0.3, -0.25) is 9.59 Å². The van der Waals surface area contributed by atoms with Crippen LogP contribution in [0.2, 0.25) is 0 Å². The lowest BCUT2D eigenvalue weighted by Crippen LogP contribution is -2.05. The predicted molar refractivity (Wildman–Crippen MR) is 96.4 cm³/mol. The molecule has 0 unspecified atom stereocenters. The van der Waals surface area contributed by atoms with Crippen LogP contribution in [0, 0.1) is 5.92 Å². The highest BCUT2D eigenvalue weighted by Crippen LogP contribution is 2.33. The van der Waals surface area contributed by atoms with E-state index in [0.717, 1.165) is 42.1 Å². The third kappa shape index (κ3) is 4.83. The zero-order valence-electron chi connectivity index (χ0n) is 14.9.